The number of aliphatic carboxylic acids is 1. The van der Waals surface area contributed by atoms with Gasteiger partial charge in [0.2, 0.25) is 0 Å². The first-order valence-corrected chi connectivity index (χ1v) is 12.8. The third kappa shape index (κ3) is 6.75. The molecule has 0 saturated carbocycles. The number of thiocarbonyl (C=S) groups is 1. The molecule has 1 heterocycles. The number of amides is 1. The first-order chi connectivity index (χ1) is 15.7. The number of rotatable bonds is 9. The van der Waals surface area contributed by atoms with Crippen molar-refractivity contribution in [3.05, 3.63) is 60.0 Å². The predicted molar refractivity (Wildman–Crippen MR) is 143 cm³/mol. The van der Waals surface area contributed by atoms with Gasteiger partial charge in [-0.3, -0.25) is 14.5 Å². The molecule has 0 aromatic heterocycles. The minimum absolute atomic E-state index is 0.0408. The monoisotopic (exact) mass is 637 g/mol. The van der Waals surface area contributed by atoms with Crippen molar-refractivity contribution < 1.29 is 24.2 Å². The van der Waals surface area contributed by atoms with Gasteiger partial charge in [0.15, 0.2) is 11.5 Å². The third-order valence-electron chi connectivity index (χ3n) is 4.44. The zero-order chi connectivity index (χ0) is 24.1. The van der Waals surface area contributed by atoms with Crippen molar-refractivity contribution in [1.29, 1.82) is 0 Å². The normalized spacial score (nSPS) is 14.8. The van der Waals surface area contributed by atoms with Crippen LogP contribution in [0.5, 0.6) is 11.5 Å². The minimum atomic E-state index is -0.987. The summed E-state index contributed by atoms with van der Waals surface area (Å²) in [6.45, 7) is 2.56. The quantitative estimate of drug-likeness (QED) is 0.198. The van der Waals surface area contributed by atoms with Crippen LogP contribution < -0.4 is 9.47 Å². The molecule has 0 atom stereocenters. The van der Waals surface area contributed by atoms with Crippen molar-refractivity contribution in [2.24, 2.45) is 0 Å². The molecule has 174 valence electrons. The summed E-state index contributed by atoms with van der Waals surface area (Å²) in [6, 6.07) is 8.86. The van der Waals surface area contributed by atoms with Crippen LogP contribution in [0.25, 0.3) is 6.08 Å². The molecule has 1 amide bonds. The lowest BCUT2D eigenvalue weighted by Crippen LogP contribution is -2.30. The average molecular weight is 638 g/mol. The Kier molecular flexibility index (Phi) is 9.28. The predicted octanol–water partition coefficient (Wildman–Crippen LogP) is 6.25. The lowest BCUT2D eigenvalue weighted by Gasteiger charge is -2.15. The SMILES string of the molecule is CCOc1cc(/C=C2/SC(=S)N(CCC(=O)O)C2=O)cc(I)c1OCc1ccc(Cl)cc1Cl. The summed E-state index contributed by atoms with van der Waals surface area (Å²) in [7, 11) is 0. The van der Waals surface area contributed by atoms with Crippen molar-refractivity contribution in [3.63, 3.8) is 0 Å². The molecule has 6 nitrogen and oxygen atoms in total. The van der Waals surface area contributed by atoms with Crippen LogP contribution in [-0.4, -0.2) is 39.4 Å². The Morgan fingerprint density at radius 3 is 2.70 bits per heavy atom. The second-order valence-electron chi connectivity index (χ2n) is 6.76. The Balaban J connectivity index is 1.84. The van der Waals surface area contributed by atoms with E-state index in [1.807, 2.05) is 13.0 Å². The van der Waals surface area contributed by atoms with Gasteiger partial charge in [0.05, 0.1) is 21.5 Å². The van der Waals surface area contributed by atoms with E-state index in [0.717, 1.165) is 26.5 Å². The molecule has 0 unspecified atom stereocenters. The number of nitrogens with zero attached hydrogens (tertiary/aromatic N) is 1. The first kappa shape index (κ1) is 26.1. The number of hydrogen-bond acceptors (Lipinski definition) is 6. The fraction of sp³-hybridized carbons (Fsp3) is 0.227. The van der Waals surface area contributed by atoms with Gasteiger partial charge in [-0.15, -0.1) is 0 Å². The fourth-order valence-corrected chi connectivity index (χ4v) is 5.47. The van der Waals surface area contributed by atoms with Crippen LogP contribution in [0, 0.1) is 3.57 Å². The molecule has 1 N–H and O–H groups in total. The molecular formula is C22H18Cl2INO5S2. The van der Waals surface area contributed by atoms with E-state index >= 15 is 0 Å². The van der Waals surface area contributed by atoms with Crippen LogP contribution >= 0.6 is 69.8 Å². The van der Waals surface area contributed by atoms with Crippen molar-refractivity contribution in [3.8, 4) is 11.5 Å². The van der Waals surface area contributed by atoms with E-state index in [2.05, 4.69) is 22.6 Å². The molecular weight excluding hydrogens is 620 g/mol. The Bertz CT molecular complexity index is 1140. The van der Waals surface area contributed by atoms with E-state index in [1.165, 1.54) is 4.90 Å². The number of carboxylic acids is 1. The smallest absolute Gasteiger partial charge is 0.305 e. The van der Waals surface area contributed by atoms with Crippen molar-refractivity contribution in [1.82, 2.24) is 4.90 Å². The van der Waals surface area contributed by atoms with Crippen molar-refractivity contribution in [2.75, 3.05) is 13.2 Å². The van der Waals surface area contributed by atoms with Gasteiger partial charge < -0.3 is 14.6 Å². The molecule has 2 aromatic rings. The molecule has 11 heteroatoms. The summed E-state index contributed by atoms with van der Waals surface area (Å²) in [4.78, 5) is 25.3. The van der Waals surface area contributed by atoms with Gasteiger partial charge in [-0.1, -0.05) is 53.2 Å². The number of ether oxygens (including phenoxy) is 2. The highest BCUT2D eigenvalue weighted by Gasteiger charge is 2.32. The Morgan fingerprint density at radius 2 is 2.03 bits per heavy atom. The van der Waals surface area contributed by atoms with Crippen LogP contribution in [0.15, 0.2) is 35.2 Å². The van der Waals surface area contributed by atoms with Gasteiger partial charge in [-0.05, 0) is 65.4 Å². The van der Waals surface area contributed by atoms with Crippen LogP contribution in [0.2, 0.25) is 10.0 Å². The number of carbonyl (C=O) groups excluding carboxylic acids is 1. The van der Waals surface area contributed by atoms with Gasteiger partial charge in [0.25, 0.3) is 5.91 Å². The Morgan fingerprint density at radius 1 is 1.27 bits per heavy atom. The summed E-state index contributed by atoms with van der Waals surface area (Å²) in [5, 5.41) is 9.94. The first-order valence-electron chi connectivity index (χ1n) is 9.69. The molecule has 0 spiro atoms. The number of hydrogen-bond donors (Lipinski definition) is 1. The summed E-state index contributed by atoms with van der Waals surface area (Å²) in [5.41, 5.74) is 1.52. The average Bonchev–Trinajstić information content (AvgIpc) is 2.99. The molecule has 3 rings (SSSR count). The summed E-state index contributed by atoms with van der Waals surface area (Å²) < 4.78 is 12.9. The summed E-state index contributed by atoms with van der Waals surface area (Å²) in [6.07, 6.45) is 1.54. The van der Waals surface area contributed by atoms with Crippen LogP contribution in [-0.2, 0) is 16.2 Å². The highest BCUT2D eigenvalue weighted by molar-refractivity contribution is 14.1. The summed E-state index contributed by atoms with van der Waals surface area (Å²) in [5.74, 6) is -0.201. The Labute approximate surface area is 224 Å². The molecule has 1 saturated heterocycles. The van der Waals surface area contributed by atoms with Crippen molar-refractivity contribution >= 4 is 92.0 Å². The topological polar surface area (TPSA) is 76.1 Å². The highest BCUT2D eigenvalue weighted by Crippen LogP contribution is 2.38. The second kappa shape index (κ2) is 11.7. The summed E-state index contributed by atoms with van der Waals surface area (Å²) >= 11 is 20.7. The lowest BCUT2D eigenvalue weighted by molar-refractivity contribution is -0.137. The molecule has 0 aliphatic carbocycles. The van der Waals surface area contributed by atoms with Gasteiger partial charge >= 0.3 is 5.97 Å². The van der Waals surface area contributed by atoms with Crippen LogP contribution in [0.3, 0.4) is 0 Å². The van der Waals surface area contributed by atoms with Gasteiger partial charge in [-0.25, -0.2) is 0 Å². The third-order valence-corrected chi connectivity index (χ3v) is 7.21. The van der Waals surface area contributed by atoms with E-state index in [4.69, 9.17) is 50.0 Å². The Hall–Kier alpha value is -1.53. The number of carbonyl (C=O) groups is 2. The molecule has 33 heavy (non-hydrogen) atoms. The molecule has 2 aromatic carbocycles. The second-order valence-corrected chi connectivity index (χ2v) is 10.4. The number of thioether (sulfide) groups is 1. The maximum absolute atomic E-state index is 12.7. The maximum atomic E-state index is 12.7. The fourth-order valence-electron chi connectivity index (χ4n) is 2.91. The zero-order valence-corrected chi connectivity index (χ0v) is 22.6. The number of halogens is 3. The van der Waals surface area contributed by atoms with Crippen LogP contribution in [0.4, 0.5) is 0 Å². The minimum Gasteiger partial charge on any atom is -0.490 e. The zero-order valence-electron chi connectivity index (χ0n) is 17.3. The van der Waals surface area contributed by atoms with E-state index < -0.39 is 5.97 Å². The van der Waals surface area contributed by atoms with E-state index in [-0.39, 0.29) is 25.5 Å². The highest BCUT2D eigenvalue weighted by atomic mass is 127. The van der Waals surface area contributed by atoms with E-state index in [9.17, 15) is 9.59 Å². The number of benzene rings is 2. The van der Waals surface area contributed by atoms with Gasteiger partial charge in [0, 0.05) is 22.2 Å². The van der Waals surface area contributed by atoms with Gasteiger partial charge in [0.1, 0.15) is 10.9 Å². The van der Waals surface area contributed by atoms with E-state index in [1.54, 1.807) is 30.3 Å². The molecule has 1 aliphatic rings. The van der Waals surface area contributed by atoms with Crippen molar-refractivity contribution in [2.45, 2.75) is 20.0 Å². The molecule has 0 bridgehead atoms. The largest absolute Gasteiger partial charge is 0.490 e. The number of carboxylic acid groups (broad SMARTS) is 1. The molecule has 1 aliphatic heterocycles. The van der Waals surface area contributed by atoms with E-state index in [0.29, 0.717) is 37.4 Å². The molecule has 0 radical (unpaired) electrons. The van der Waals surface area contributed by atoms with Gasteiger partial charge in [-0.2, -0.15) is 0 Å². The lowest BCUT2D eigenvalue weighted by atomic mass is 10.1. The molecule has 1 fully saturated rings. The maximum Gasteiger partial charge on any atom is 0.305 e. The van der Waals surface area contributed by atoms with Crippen LogP contribution in [0.1, 0.15) is 24.5 Å². The standard InChI is InChI=1S/C22H18Cl2INO5S2/c1-2-30-17-8-12(9-18-21(29)26(22(32)33-18)6-5-19(27)28)7-16(25)20(17)31-11-13-3-4-14(23)10-15(13)24/h3-4,7-10H,2,5-6,11H2,1H3,(H,27,28)/b18-9+.